The lowest BCUT2D eigenvalue weighted by Gasteiger charge is -2.33. The molecule has 1 aromatic carbocycles. The summed E-state index contributed by atoms with van der Waals surface area (Å²) in [5.74, 6) is -0.0229. The first-order valence-corrected chi connectivity index (χ1v) is 9.34. The van der Waals surface area contributed by atoms with Crippen molar-refractivity contribution >= 4 is 12.0 Å². The molecule has 7 heteroatoms. The second kappa shape index (κ2) is 8.24. The normalized spacial score (nSPS) is 16.9. The number of benzene rings is 1. The number of nitrogens with one attached hydrogen (secondary N) is 1. The number of alkyl carbamates (subject to hydrolysis) is 1. The molecule has 1 unspecified atom stereocenters. The van der Waals surface area contributed by atoms with Crippen LogP contribution in [0.3, 0.4) is 0 Å². The summed E-state index contributed by atoms with van der Waals surface area (Å²) in [7, 11) is 0. The molecule has 1 fully saturated rings. The van der Waals surface area contributed by atoms with Crippen LogP contribution in [0.5, 0.6) is 0 Å². The van der Waals surface area contributed by atoms with Crippen molar-refractivity contribution in [2.45, 2.75) is 39.7 Å². The molecule has 3 rings (SSSR count). The number of likely N-dealkylation sites (tertiary alicyclic amines) is 1. The van der Waals surface area contributed by atoms with E-state index in [0.29, 0.717) is 25.3 Å². The SMILES string of the molecule is CCOC(=O)NC1CCCN(C(=O)c2ccc(-n3nc(C)cc3C)cc2)C1. The molecule has 2 amide bonds. The zero-order chi connectivity index (χ0) is 19.4. The summed E-state index contributed by atoms with van der Waals surface area (Å²) in [6.07, 6.45) is 1.28. The van der Waals surface area contributed by atoms with Gasteiger partial charge in [-0.3, -0.25) is 4.79 Å². The smallest absolute Gasteiger partial charge is 0.407 e. The van der Waals surface area contributed by atoms with Gasteiger partial charge in [-0.05, 0) is 63.9 Å². The molecule has 1 aromatic heterocycles. The number of ether oxygens (including phenoxy) is 1. The molecule has 2 aromatic rings. The molecule has 0 saturated carbocycles. The van der Waals surface area contributed by atoms with Crippen LogP contribution in [0.25, 0.3) is 5.69 Å². The topological polar surface area (TPSA) is 76.5 Å². The van der Waals surface area contributed by atoms with Crippen molar-refractivity contribution in [2.75, 3.05) is 19.7 Å². The molecule has 0 spiro atoms. The van der Waals surface area contributed by atoms with E-state index < -0.39 is 6.09 Å². The van der Waals surface area contributed by atoms with Gasteiger partial charge < -0.3 is 15.0 Å². The molecule has 1 atom stereocenters. The maximum atomic E-state index is 12.8. The van der Waals surface area contributed by atoms with Gasteiger partial charge >= 0.3 is 6.09 Å². The number of hydrogen-bond acceptors (Lipinski definition) is 4. The summed E-state index contributed by atoms with van der Waals surface area (Å²) in [6.45, 7) is 7.26. The van der Waals surface area contributed by atoms with Crippen LogP contribution in [0, 0.1) is 13.8 Å². The molecule has 1 saturated heterocycles. The Morgan fingerprint density at radius 3 is 2.63 bits per heavy atom. The molecule has 0 radical (unpaired) electrons. The summed E-state index contributed by atoms with van der Waals surface area (Å²) in [5, 5.41) is 7.30. The Bertz CT molecular complexity index is 813. The van der Waals surface area contributed by atoms with Gasteiger partial charge in [0, 0.05) is 30.4 Å². The maximum absolute atomic E-state index is 12.8. The first-order chi connectivity index (χ1) is 13.0. The number of aryl methyl sites for hydroxylation is 2. The number of hydrogen-bond donors (Lipinski definition) is 1. The molecule has 0 bridgehead atoms. The average molecular weight is 370 g/mol. The minimum absolute atomic E-state index is 0.0229. The maximum Gasteiger partial charge on any atom is 0.407 e. The van der Waals surface area contributed by atoms with Crippen LogP contribution >= 0.6 is 0 Å². The van der Waals surface area contributed by atoms with Crippen molar-refractivity contribution in [3.63, 3.8) is 0 Å². The summed E-state index contributed by atoms with van der Waals surface area (Å²) < 4.78 is 6.79. The number of carbonyl (C=O) groups excluding carboxylic acids is 2. The highest BCUT2D eigenvalue weighted by Crippen LogP contribution is 2.17. The van der Waals surface area contributed by atoms with Gasteiger partial charge in [0.1, 0.15) is 0 Å². The van der Waals surface area contributed by atoms with Gasteiger partial charge in [0.05, 0.1) is 18.0 Å². The molecular weight excluding hydrogens is 344 g/mol. The highest BCUT2D eigenvalue weighted by molar-refractivity contribution is 5.94. The lowest BCUT2D eigenvalue weighted by Crippen LogP contribution is -2.49. The number of rotatable bonds is 4. The number of nitrogens with zero attached hydrogens (tertiary/aromatic N) is 3. The molecule has 144 valence electrons. The molecule has 2 heterocycles. The Balaban J connectivity index is 1.66. The molecule has 7 nitrogen and oxygen atoms in total. The lowest BCUT2D eigenvalue weighted by molar-refractivity contribution is 0.0686. The van der Waals surface area contributed by atoms with Crippen molar-refractivity contribution in [1.29, 1.82) is 0 Å². The van der Waals surface area contributed by atoms with Gasteiger partial charge in [0.25, 0.3) is 5.91 Å². The van der Waals surface area contributed by atoms with Crippen molar-refractivity contribution in [3.05, 3.63) is 47.3 Å². The van der Waals surface area contributed by atoms with Crippen LogP contribution in [0.2, 0.25) is 0 Å². The Hall–Kier alpha value is -2.83. The highest BCUT2D eigenvalue weighted by atomic mass is 16.5. The summed E-state index contributed by atoms with van der Waals surface area (Å²) in [6, 6.07) is 9.42. The molecule has 1 aliphatic rings. The number of piperidine rings is 1. The Kier molecular flexibility index (Phi) is 5.78. The van der Waals surface area contributed by atoms with Gasteiger partial charge in [-0.1, -0.05) is 0 Å². The van der Waals surface area contributed by atoms with E-state index in [-0.39, 0.29) is 11.9 Å². The standard InChI is InChI=1S/C20H26N4O3/c1-4-27-20(26)21-17-6-5-11-23(13-17)19(25)16-7-9-18(10-8-16)24-15(3)12-14(2)22-24/h7-10,12,17H,4-6,11,13H2,1-3H3,(H,21,26). The van der Waals surface area contributed by atoms with E-state index in [2.05, 4.69) is 10.4 Å². The monoisotopic (exact) mass is 370 g/mol. The predicted octanol–water partition coefficient (Wildman–Crippen LogP) is 2.84. The van der Waals surface area contributed by atoms with Crippen LogP contribution in [-0.2, 0) is 4.74 Å². The van der Waals surface area contributed by atoms with Crippen LogP contribution in [0.15, 0.2) is 30.3 Å². The number of aromatic nitrogens is 2. The van der Waals surface area contributed by atoms with Crippen LogP contribution < -0.4 is 5.32 Å². The van der Waals surface area contributed by atoms with Crippen molar-refractivity contribution in [3.8, 4) is 5.69 Å². The number of carbonyl (C=O) groups is 2. The molecule has 1 aliphatic heterocycles. The summed E-state index contributed by atoms with van der Waals surface area (Å²) >= 11 is 0. The Morgan fingerprint density at radius 1 is 1.26 bits per heavy atom. The fraction of sp³-hybridized carbons (Fsp3) is 0.450. The second-order valence-corrected chi connectivity index (χ2v) is 6.84. The Morgan fingerprint density at radius 2 is 2.00 bits per heavy atom. The lowest BCUT2D eigenvalue weighted by atomic mass is 10.0. The van der Waals surface area contributed by atoms with Crippen molar-refractivity contribution in [2.24, 2.45) is 0 Å². The largest absolute Gasteiger partial charge is 0.450 e. The third-order valence-electron chi connectivity index (χ3n) is 4.67. The van der Waals surface area contributed by atoms with E-state index in [1.165, 1.54) is 0 Å². The summed E-state index contributed by atoms with van der Waals surface area (Å²) in [5.41, 5.74) is 3.58. The average Bonchev–Trinajstić information content (AvgIpc) is 3.00. The molecule has 1 N–H and O–H groups in total. The molecule has 0 aliphatic carbocycles. The quantitative estimate of drug-likeness (QED) is 0.898. The minimum atomic E-state index is -0.425. The molecule has 27 heavy (non-hydrogen) atoms. The second-order valence-electron chi connectivity index (χ2n) is 6.84. The third-order valence-corrected chi connectivity index (χ3v) is 4.67. The summed E-state index contributed by atoms with van der Waals surface area (Å²) in [4.78, 5) is 26.2. The van der Waals surface area contributed by atoms with Gasteiger partial charge in [0.2, 0.25) is 0 Å². The van der Waals surface area contributed by atoms with E-state index in [0.717, 1.165) is 29.9 Å². The predicted molar refractivity (Wildman–Crippen MR) is 102 cm³/mol. The van der Waals surface area contributed by atoms with E-state index in [1.54, 1.807) is 11.8 Å². The van der Waals surface area contributed by atoms with Crippen LogP contribution in [-0.4, -0.2) is 52.4 Å². The molecular formula is C20H26N4O3. The minimum Gasteiger partial charge on any atom is -0.450 e. The van der Waals surface area contributed by atoms with E-state index in [9.17, 15) is 9.59 Å². The van der Waals surface area contributed by atoms with Crippen LogP contribution in [0.4, 0.5) is 4.79 Å². The Labute approximate surface area is 159 Å². The first kappa shape index (κ1) is 18.9. The first-order valence-electron chi connectivity index (χ1n) is 9.34. The third kappa shape index (κ3) is 4.48. The van der Waals surface area contributed by atoms with Crippen LogP contribution in [0.1, 0.15) is 41.5 Å². The zero-order valence-corrected chi connectivity index (χ0v) is 16.1. The van der Waals surface area contributed by atoms with E-state index in [4.69, 9.17) is 4.74 Å². The fourth-order valence-electron chi connectivity index (χ4n) is 3.44. The number of amides is 2. The van der Waals surface area contributed by atoms with E-state index >= 15 is 0 Å². The van der Waals surface area contributed by atoms with Gasteiger partial charge in [-0.15, -0.1) is 0 Å². The highest BCUT2D eigenvalue weighted by Gasteiger charge is 2.25. The van der Waals surface area contributed by atoms with Crippen molar-refractivity contribution < 1.29 is 14.3 Å². The van der Waals surface area contributed by atoms with Gasteiger partial charge in [-0.25, -0.2) is 9.48 Å². The van der Waals surface area contributed by atoms with Crippen molar-refractivity contribution in [1.82, 2.24) is 20.0 Å². The zero-order valence-electron chi connectivity index (χ0n) is 16.1. The van der Waals surface area contributed by atoms with E-state index in [1.807, 2.05) is 48.9 Å². The fourth-order valence-corrected chi connectivity index (χ4v) is 3.44. The van der Waals surface area contributed by atoms with Gasteiger partial charge in [-0.2, -0.15) is 5.10 Å². The van der Waals surface area contributed by atoms with Gasteiger partial charge in [0.15, 0.2) is 0 Å².